The number of rotatable bonds is 3. The number of aliphatic hydroxyl groups is 1. The molecule has 0 amide bonds. The molecule has 0 bridgehead atoms. The van der Waals surface area contributed by atoms with Crippen LogP contribution in [0.5, 0.6) is 0 Å². The van der Waals surface area contributed by atoms with Gasteiger partial charge in [-0.2, -0.15) is 0 Å². The van der Waals surface area contributed by atoms with Gasteiger partial charge in [0.25, 0.3) is 0 Å². The quantitative estimate of drug-likeness (QED) is 0.774. The maximum atomic E-state index is 8.72. The van der Waals surface area contributed by atoms with Gasteiger partial charge in [-0.05, 0) is 31.1 Å². The molecule has 0 fully saturated rings. The van der Waals surface area contributed by atoms with E-state index in [-0.39, 0.29) is 6.61 Å². The first-order chi connectivity index (χ1) is 6.76. The molecule has 14 heavy (non-hydrogen) atoms. The van der Waals surface area contributed by atoms with Crippen molar-refractivity contribution in [2.45, 2.75) is 27.4 Å². The lowest BCUT2D eigenvalue weighted by Gasteiger charge is -1.97. The van der Waals surface area contributed by atoms with Crippen LogP contribution in [-0.4, -0.2) is 18.2 Å². The van der Waals surface area contributed by atoms with Crippen molar-refractivity contribution in [3.05, 3.63) is 35.4 Å². The first-order valence-electron chi connectivity index (χ1n) is 5.12. The van der Waals surface area contributed by atoms with Gasteiger partial charge >= 0.3 is 0 Å². The molecule has 2 N–H and O–H groups in total. The van der Waals surface area contributed by atoms with Crippen LogP contribution in [0, 0.1) is 6.92 Å². The third-order valence-corrected chi connectivity index (χ3v) is 1.93. The van der Waals surface area contributed by atoms with E-state index in [1.165, 1.54) is 0 Å². The van der Waals surface area contributed by atoms with Gasteiger partial charge in [-0.1, -0.05) is 38.1 Å². The van der Waals surface area contributed by atoms with Crippen LogP contribution in [0.15, 0.2) is 24.3 Å². The second-order valence-corrected chi connectivity index (χ2v) is 3.04. The Morgan fingerprint density at radius 2 is 1.71 bits per heavy atom. The molecule has 0 aromatic heterocycles. The zero-order valence-electron chi connectivity index (χ0n) is 9.38. The Hall–Kier alpha value is -0.860. The SMILES string of the molecule is CCNCC.Cc1ccccc1CO. The lowest BCUT2D eigenvalue weighted by molar-refractivity contribution is 0.281. The smallest absolute Gasteiger partial charge is 0.0684 e. The van der Waals surface area contributed by atoms with Crippen molar-refractivity contribution in [1.82, 2.24) is 5.32 Å². The van der Waals surface area contributed by atoms with E-state index in [0.29, 0.717) is 0 Å². The van der Waals surface area contributed by atoms with Gasteiger partial charge in [0.1, 0.15) is 0 Å². The average molecular weight is 195 g/mol. The number of hydrogen-bond acceptors (Lipinski definition) is 2. The Morgan fingerprint density at radius 3 is 2.00 bits per heavy atom. The van der Waals surface area contributed by atoms with Gasteiger partial charge in [-0.3, -0.25) is 0 Å². The van der Waals surface area contributed by atoms with Crippen molar-refractivity contribution >= 4 is 0 Å². The summed E-state index contributed by atoms with van der Waals surface area (Å²) in [5.74, 6) is 0. The highest BCUT2D eigenvalue weighted by Crippen LogP contribution is 2.05. The maximum absolute atomic E-state index is 8.72. The molecule has 0 aliphatic carbocycles. The van der Waals surface area contributed by atoms with Crippen molar-refractivity contribution < 1.29 is 5.11 Å². The summed E-state index contributed by atoms with van der Waals surface area (Å²) in [7, 11) is 0. The number of hydrogen-bond donors (Lipinski definition) is 2. The normalized spacial score (nSPS) is 9.14. The van der Waals surface area contributed by atoms with E-state index in [0.717, 1.165) is 24.2 Å². The molecule has 2 nitrogen and oxygen atoms in total. The van der Waals surface area contributed by atoms with Crippen LogP contribution in [0.4, 0.5) is 0 Å². The summed E-state index contributed by atoms with van der Waals surface area (Å²) in [6.07, 6.45) is 0. The van der Waals surface area contributed by atoms with Gasteiger partial charge in [0.2, 0.25) is 0 Å². The van der Waals surface area contributed by atoms with Gasteiger partial charge in [0.05, 0.1) is 6.61 Å². The van der Waals surface area contributed by atoms with E-state index in [2.05, 4.69) is 19.2 Å². The van der Waals surface area contributed by atoms with Gasteiger partial charge in [0, 0.05) is 0 Å². The van der Waals surface area contributed by atoms with E-state index in [4.69, 9.17) is 5.11 Å². The average Bonchev–Trinajstić information content (AvgIpc) is 2.21. The standard InChI is InChI=1S/C8H10O.C4H11N/c1-7-4-2-3-5-8(7)6-9;1-3-5-4-2/h2-5,9H,6H2,1H3;5H,3-4H2,1-2H3. The number of aliphatic hydroxyl groups excluding tert-OH is 1. The van der Waals surface area contributed by atoms with E-state index >= 15 is 0 Å². The van der Waals surface area contributed by atoms with Crippen molar-refractivity contribution in [2.75, 3.05) is 13.1 Å². The molecule has 0 heterocycles. The molecule has 0 saturated carbocycles. The van der Waals surface area contributed by atoms with Crippen LogP contribution in [0.3, 0.4) is 0 Å². The Morgan fingerprint density at radius 1 is 1.14 bits per heavy atom. The molecule has 0 aliphatic rings. The zero-order chi connectivity index (χ0) is 10.8. The molecule has 0 saturated heterocycles. The summed E-state index contributed by atoms with van der Waals surface area (Å²) < 4.78 is 0. The Labute approximate surface area is 87.0 Å². The van der Waals surface area contributed by atoms with E-state index in [1.54, 1.807) is 0 Å². The highest BCUT2D eigenvalue weighted by atomic mass is 16.3. The number of nitrogens with one attached hydrogen (secondary N) is 1. The predicted molar refractivity (Wildman–Crippen MR) is 61.3 cm³/mol. The van der Waals surface area contributed by atoms with Crippen molar-refractivity contribution in [3.8, 4) is 0 Å². The Bertz CT molecular complexity index is 234. The van der Waals surface area contributed by atoms with E-state index in [1.807, 2.05) is 31.2 Å². The minimum Gasteiger partial charge on any atom is -0.392 e. The van der Waals surface area contributed by atoms with E-state index in [9.17, 15) is 0 Å². The van der Waals surface area contributed by atoms with Crippen LogP contribution >= 0.6 is 0 Å². The first-order valence-corrected chi connectivity index (χ1v) is 5.12. The predicted octanol–water partition coefficient (Wildman–Crippen LogP) is 2.10. The highest BCUT2D eigenvalue weighted by molar-refractivity contribution is 5.24. The largest absolute Gasteiger partial charge is 0.392 e. The number of benzene rings is 1. The molecule has 80 valence electrons. The van der Waals surface area contributed by atoms with Crippen LogP contribution < -0.4 is 5.32 Å². The topological polar surface area (TPSA) is 32.3 Å². The summed E-state index contributed by atoms with van der Waals surface area (Å²) in [5.41, 5.74) is 2.16. The van der Waals surface area contributed by atoms with Gasteiger partial charge in [-0.15, -0.1) is 0 Å². The summed E-state index contributed by atoms with van der Waals surface area (Å²) >= 11 is 0. The highest BCUT2D eigenvalue weighted by Gasteiger charge is 1.90. The minimum atomic E-state index is 0.146. The van der Waals surface area contributed by atoms with Crippen molar-refractivity contribution in [3.63, 3.8) is 0 Å². The molecule has 1 aromatic rings. The summed E-state index contributed by atoms with van der Waals surface area (Å²) in [6, 6.07) is 7.81. The summed E-state index contributed by atoms with van der Waals surface area (Å²) in [6.45, 7) is 8.53. The molecule has 0 atom stereocenters. The van der Waals surface area contributed by atoms with Crippen LogP contribution in [-0.2, 0) is 6.61 Å². The maximum Gasteiger partial charge on any atom is 0.0684 e. The summed E-state index contributed by atoms with van der Waals surface area (Å²) in [5, 5.41) is 11.8. The molecule has 2 heteroatoms. The second-order valence-electron chi connectivity index (χ2n) is 3.04. The molecular weight excluding hydrogens is 174 g/mol. The fraction of sp³-hybridized carbons (Fsp3) is 0.500. The molecule has 0 spiro atoms. The first kappa shape index (κ1) is 13.1. The van der Waals surface area contributed by atoms with Crippen molar-refractivity contribution in [2.24, 2.45) is 0 Å². The number of aryl methyl sites for hydroxylation is 1. The molecule has 0 radical (unpaired) electrons. The fourth-order valence-corrected chi connectivity index (χ4v) is 1.04. The van der Waals surface area contributed by atoms with Crippen LogP contribution in [0.2, 0.25) is 0 Å². The minimum absolute atomic E-state index is 0.146. The Balaban J connectivity index is 0.000000292. The molecule has 1 rings (SSSR count). The summed E-state index contributed by atoms with van der Waals surface area (Å²) in [4.78, 5) is 0. The Kier molecular flexibility index (Phi) is 8.19. The molecular formula is C12H21NO. The van der Waals surface area contributed by atoms with Gasteiger partial charge in [-0.25, -0.2) is 0 Å². The lowest BCUT2D eigenvalue weighted by atomic mass is 10.1. The second kappa shape index (κ2) is 8.73. The molecule has 1 aromatic carbocycles. The van der Waals surface area contributed by atoms with Gasteiger partial charge in [0.15, 0.2) is 0 Å². The molecule has 0 aliphatic heterocycles. The van der Waals surface area contributed by atoms with Crippen LogP contribution in [0.25, 0.3) is 0 Å². The zero-order valence-corrected chi connectivity index (χ0v) is 9.38. The third kappa shape index (κ3) is 5.73. The van der Waals surface area contributed by atoms with Crippen LogP contribution in [0.1, 0.15) is 25.0 Å². The van der Waals surface area contributed by atoms with E-state index < -0.39 is 0 Å². The van der Waals surface area contributed by atoms with Crippen molar-refractivity contribution in [1.29, 1.82) is 0 Å². The lowest BCUT2D eigenvalue weighted by Crippen LogP contribution is -2.09. The monoisotopic (exact) mass is 195 g/mol. The van der Waals surface area contributed by atoms with Gasteiger partial charge < -0.3 is 10.4 Å². The third-order valence-electron chi connectivity index (χ3n) is 1.93. The fourth-order valence-electron chi connectivity index (χ4n) is 1.04. The molecule has 0 unspecified atom stereocenters.